The number of amides is 1. The Labute approximate surface area is 158 Å². The number of hydrogen-bond acceptors (Lipinski definition) is 8. The van der Waals surface area contributed by atoms with Crippen LogP contribution in [0, 0.1) is 13.8 Å². The fourth-order valence-corrected chi connectivity index (χ4v) is 3.56. The first-order valence-corrected chi connectivity index (χ1v) is 9.04. The lowest BCUT2D eigenvalue weighted by Gasteiger charge is -2.39. The van der Waals surface area contributed by atoms with Crippen LogP contribution in [0.25, 0.3) is 0 Å². The van der Waals surface area contributed by atoms with Gasteiger partial charge in [-0.15, -0.1) is 0 Å². The molecule has 0 spiro atoms. The average molecular weight is 378 g/mol. The maximum Gasteiger partial charge on any atom is 0.276 e. The number of likely N-dealkylation sites (tertiary alicyclic amines) is 1. The molecule has 1 aliphatic heterocycles. The van der Waals surface area contributed by atoms with E-state index in [1.165, 1.54) is 0 Å². The topological polar surface area (TPSA) is 104 Å². The number of hydrogen-bond donors (Lipinski definition) is 0. The first-order chi connectivity index (χ1) is 13.0. The normalized spacial score (nSPS) is 16.7. The van der Waals surface area contributed by atoms with Gasteiger partial charge in [-0.3, -0.25) is 4.79 Å². The molecule has 0 atom stereocenters. The minimum absolute atomic E-state index is 0.136. The van der Waals surface area contributed by atoms with Crippen LogP contribution in [0.2, 0.25) is 0 Å². The standard InChI is InChI=1S/C18H26N4O5/c1-12-14(11-25-4)15(20-26-12)16(23)22-8-5-18(6-9-22,7-10-24-3)17-19-13(2)27-21-17/h5-11H2,1-4H3. The molecule has 9 nitrogen and oxygen atoms in total. The number of nitrogens with zero attached hydrogens (tertiary/aromatic N) is 4. The van der Waals surface area contributed by atoms with Crippen LogP contribution < -0.4 is 0 Å². The third-order valence-electron chi connectivity index (χ3n) is 5.27. The van der Waals surface area contributed by atoms with E-state index < -0.39 is 0 Å². The third kappa shape index (κ3) is 3.89. The lowest BCUT2D eigenvalue weighted by Crippen LogP contribution is -2.46. The molecule has 1 aliphatic rings. The lowest BCUT2D eigenvalue weighted by molar-refractivity contribution is 0.0603. The largest absolute Gasteiger partial charge is 0.385 e. The average Bonchev–Trinajstić information content (AvgIpc) is 3.27. The molecule has 27 heavy (non-hydrogen) atoms. The van der Waals surface area contributed by atoms with Crippen molar-refractivity contribution >= 4 is 5.91 Å². The Balaban J connectivity index is 1.75. The smallest absolute Gasteiger partial charge is 0.276 e. The number of aryl methyl sites for hydroxylation is 2. The van der Waals surface area contributed by atoms with Crippen LogP contribution >= 0.6 is 0 Å². The SMILES string of the molecule is COCCC1(c2noc(C)n2)CCN(C(=O)c2noc(C)c2COC)CC1. The van der Waals surface area contributed by atoms with Crippen LogP contribution in [0.15, 0.2) is 9.05 Å². The highest BCUT2D eigenvalue weighted by molar-refractivity contribution is 5.93. The van der Waals surface area contributed by atoms with Gasteiger partial charge in [0, 0.05) is 46.3 Å². The van der Waals surface area contributed by atoms with Gasteiger partial charge in [0.2, 0.25) is 5.89 Å². The van der Waals surface area contributed by atoms with E-state index in [1.54, 1.807) is 33.0 Å². The highest BCUT2D eigenvalue weighted by Gasteiger charge is 2.41. The van der Waals surface area contributed by atoms with E-state index in [0.29, 0.717) is 55.0 Å². The second-order valence-corrected chi connectivity index (χ2v) is 6.95. The molecule has 1 saturated heterocycles. The number of ether oxygens (including phenoxy) is 2. The van der Waals surface area contributed by atoms with Gasteiger partial charge in [0.15, 0.2) is 11.5 Å². The fourth-order valence-electron chi connectivity index (χ4n) is 3.56. The van der Waals surface area contributed by atoms with Gasteiger partial charge in [-0.1, -0.05) is 10.3 Å². The third-order valence-corrected chi connectivity index (χ3v) is 5.27. The number of carbonyl (C=O) groups is 1. The van der Waals surface area contributed by atoms with Crippen LogP contribution in [-0.4, -0.2) is 60.0 Å². The second-order valence-electron chi connectivity index (χ2n) is 6.95. The summed E-state index contributed by atoms with van der Waals surface area (Å²) in [5.74, 6) is 1.71. The summed E-state index contributed by atoms with van der Waals surface area (Å²) in [7, 11) is 3.26. The van der Waals surface area contributed by atoms with Gasteiger partial charge in [0.05, 0.1) is 12.2 Å². The summed E-state index contributed by atoms with van der Waals surface area (Å²) in [5.41, 5.74) is 0.779. The van der Waals surface area contributed by atoms with Crippen molar-refractivity contribution in [2.45, 2.75) is 45.1 Å². The molecule has 3 heterocycles. The van der Waals surface area contributed by atoms with Gasteiger partial charge in [0.25, 0.3) is 5.91 Å². The van der Waals surface area contributed by atoms with Gasteiger partial charge < -0.3 is 23.4 Å². The zero-order chi connectivity index (χ0) is 19.4. The van der Waals surface area contributed by atoms with Crippen molar-refractivity contribution < 1.29 is 23.3 Å². The summed E-state index contributed by atoms with van der Waals surface area (Å²) >= 11 is 0. The molecule has 0 aliphatic carbocycles. The van der Waals surface area contributed by atoms with Gasteiger partial charge >= 0.3 is 0 Å². The molecule has 9 heteroatoms. The summed E-state index contributed by atoms with van der Waals surface area (Å²) in [6.45, 7) is 5.61. The Kier molecular flexibility index (Phi) is 5.91. The van der Waals surface area contributed by atoms with E-state index in [4.69, 9.17) is 18.5 Å². The summed E-state index contributed by atoms with van der Waals surface area (Å²) in [4.78, 5) is 19.2. The zero-order valence-corrected chi connectivity index (χ0v) is 16.3. The molecule has 0 unspecified atom stereocenters. The molecule has 0 saturated carbocycles. The van der Waals surface area contributed by atoms with Crippen LogP contribution in [0.4, 0.5) is 0 Å². The monoisotopic (exact) mass is 378 g/mol. The molecule has 148 valence electrons. The van der Waals surface area contributed by atoms with E-state index in [9.17, 15) is 4.79 Å². The number of methoxy groups -OCH3 is 2. The highest BCUT2D eigenvalue weighted by Crippen LogP contribution is 2.37. The molecule has 2 aromatic heterocycles. The van der Waals surface area contributed by atoms with Crippen molar-refractivity contribution in [1.82, 2.24) is 20.2 Å². The van der Waals surface area contributed by atoms with Crippen LogP contribution in [-0.2, 0) is 21.5 Å². The minimum Gasteiger partial charge on any atom is -0.385 e. The second kappa shape index (κ2) is 8.18. The van der Waals surface area contributed by atoms with Crippen LogP contribution in [0.3, 0.4) is 0 Å². The summed E-state index contributed by atoms with van der Waals surface area (Å²) in [6, 6.07) is 0. The van der Waals surface area contributed by atoms with Gasteiger partial charge in [0.1, 0.15) is 5.76 Å². The number of aromatic nitrogens is 3. The van der Waals surface area contributed by atoms with Gasteiger partial charge in [-0.25, -0.2) is 0 Å². The van der Waals surface area contributed by atoms with E-state index in [2.05, 4.69) is 15.3 Å². The molecule has 0 N–H and O–H groups in total. The quantitative estimate of drug-likeness (QED) is 0.721. The Hall–Kier alpha value is -2.26. The zero-order valence-electron chi connectivity index (χ0n) is 16.3. The predicted octanol–water partition coefficient (Wildman–Crippen LogP) is 2.03. The predicted molar refractivity (Wildman–Crippen MR) is 94.3 cm³/mol. The summed E-state index contributed by atoms with van der Waals surface area (Å²) in [5, 5.41) is 8.10. The molecule has 0 aromatic carbocycles. The summed E-state index contributed by atoms with van der Waals surface area (Å²) < 4.78 is 20.8. The van der Waals surface area contributed by atoms with Crippen molar-refractivity contribution in [3.8, 4) is 0 Å². The Morgan fingerprint density at radius 2 is 1.89 bits per heavy atom. The van der Waals surface area contributed by atoms with Crippen molar-refractivity contribution in [2.24, 2.45) is 0 Å². The Morgan fingerprint density at radius 3 is 2.48 bits per heavy atom. The first kappa shape index (κ1) is 19.5. The van der Waals surface area contributed by atoms with Crippen molar-refractivity contribution in [3.63, 3.8) is 0 Å². The van der Waals surface area contributed by atoms with E-state index in [0.717, 1.165) is 19.3 Å². The molecule has 2 aromatic rings. The van der Waals surface area contributed by atoms with E-state index >= 15 is 0 Å². The lowest BCUT2D eigenvalue weighted by atomic mass is 9.75. The van der Waals surface area contributed by atoms with Crippen LogP contribution in [0.5, 0.6) is 0 Å². The molecule has 0 bridgehead atoms. The molecule has 3 rings (SSSR count). The van der Waals surface area contributed by atoms with Gasteiger partial charge in [-0.05, 0) is 26.2 Å². The van der Waals surface area contributed by atoms with E-state index in [1.807, 2.05) is 0 Å². The molecular formula is C18H26N4O5. The van der Waals surface area contributed by atoms with Crippen LogP contribution in [0.1, 0.15) is 52.8 Å². The molecule has 1 amide bonds. The highest BCUT2D eigenvalue weighted by atomic mass is 16.5. The molecular weight excluding hydrogens is 352 g/mol. The van der Waals surface area contributed by atoms with Crippen molar-refractivity contribution in [2.75, 3.05) is 33.9 Å². The summed E-state index contributed by atoms with van der Waals surface area (Å²) in [6.07, 6.45) is 2.25. The minimum atomic E-state index is -0.250. The number of carbonyl (C=O) groups excluding carboxylic acids is 1. The maximum atomic E-state index is 12.9. The van der Waals surface area contributed by atoms with Crippen molar-refractivity contribution in [3.05, 3.63) is 28.7 Å². The van der Waals surface area contributed by atoms with Crippen molar-refractivity contribution in [1.29, 1.82) is 0 Å². The number of rotatable bonds is 7. The molecule has 0 radical (unpaired) electrons. The Bertz CT molecular complexity index is 777. The fraction of sp³-hybridized carbons (Fsp3) is 0.667. The Morgan fingerprint density at radius 1 is 1.15 bits per heavy atom. The maximum absolute atomic E-state index is 12.9. The first-order valence-electron chi connectivity index (χ1n) is 9.04. The number of piperidine rings is 1. The van der Waals surface area contributed by atoms with Gasteiger partial charge in [-0.2, -0.15) is 4.98 Å². The van der Waals surface area contributed by atoms with E-state index in [-0.39, 0.29) is 11.3 Å². The molecule has 1 fully saturated rings.